The molecule has 0 radical (unpaired) electrons. The van der Waals surface area contributed by atoms with Crippen molar-refractivity contribution in [3.05, 3.63) is 35.6 Å². The van der Waals surface area contributed by atoms with Crippen LogP contribution in [-0.2, 0) is 4.74 Å². The van der Waals surface area contributed by atoms with Crippen LogP contribution >= 0.6 is 0 Å². The first kappa shape index (κ1) is 12.2. The lowest BCUT2D eigenvalue weighted by atomic mass is 10.1. The summed E-state index contributed by atoms with van der Waals surface area (Å²) in [7, 11) is 0. The number of hydrogen-bond acceptors (Lipinski definition) is 5. The summed E-state index contributed by atoms with van der Waals surface area (Å²) in [5, 5.41) is 3.71. The number of rotatable bonds is 3. The van der Waals surface area contributed by atoms with Crippen molar-refractivity contribution in [2.24, 2.45) is 0 Å². The molecule has 5 nitrogen and oxygen atoms in total. The standard InChI is InChI=1S/C12H11FN2O3/c1-3-17-12(16)10-7(2)18-15-11(10)8-4-5-14-6-9(8)13/h4-6H,3H2,1-2H3. The van der Waals surface area contributed by atoms with Gasteiger partial charge in [0.25, 0.3) is 0 Å². The van der Waals surface area contributed by atoms with Gasteiger partial charge in [0.15, 0.2) is 5.82 Å². The van der Waals surface area contributed by atoms with E-state index in [9.17, 15) is 9.18 Å². The van der Waals surface area contributed by atoms with Crippen molar-refractivity contribution >= 4 is 5.97 Å². The molecule has 0 bridgehead atoms. The number of aromatic nitrogens is 2. The fourth-order valence-corrected chi connectivity index (χ4v) is 1.57. The molecule has 0 aromatic carbocycles. The number of esters is 1. The van der Waals surface area contributed by atoms with E-state index < -0.39 is 11.8 Å². The van der Waals surface area contributed by atoms with Crippen molar-refractivity contribution in [1.82, 2.24) is 10.1 Å². The highest BCUT2D eigenvalue weighted by Crippen LogP contribution is 2.27. The van der Waals surface area contributed by atoms with Crippen LogP contribution in [-0.4, -0.2) is 22.7 Å². The zero-order valence-corrected chi connectivity index (χ0v) is 9.94. The Hall–Kier alpha value is -2.24. The van der Waals surface area contributed by atoms with Crippen LogP contribution in [0.2, 0.25) is 0 Å². The predicted molar refractivity (Wildman–Crippen MR) is 60.4 cm³/mol. The molecule has 0 atom stereocenters. The molecule has 0 saturated heterocycles. The van der Waals surface area contributed by atoms with E-state index in [1.54, 1.807) is 13.8 Å². The first-order chi connectivity index (χ1) is 8.65. The van der Waals surface area contributed by atoms with Gasteiger partial charge in [-0.2, -0.15) is 0 Å². The van der Waals surface area contributed by atoms with Gasteiger partial charge in [-0.05, 0) is 19.9 Å². The smallest absolute Gasteiger partial charge is 0.344 e. The second kappa shape index (κ2) is 4.95. The molecule has 2 rings (SSSR count). The van der Waals surface area contributed by atoms with Gasteiger partial charge < -0.3 is 9.26 Å². The highest BCUT2D eigenvalue weighted by Gasteiger charge is 2.24. The summed E-state index contributed by atoms with van der Waals surface area (Å²) in [6.45, 7) is 3.48. The Labute approximate surface area is 103 Å². The summed E-state index contributed by atoms with van der Waals surface area (Å²) in [4.78, 5) is 15.4. The average Bonchev–Trinajstić information content (AvgIpc) is 2.72. The average molecular weight is 250 g/mol. The Morgan fingerprint density at radius 2 is 2.33 bits per heavy atom. The Kier molecular flexibility index (Phi) is 3.36. The normalized spacial score (nSPS) is 10.4. The van der Waals surface area contributed by atoms with Crippen molar-refractivity contribution in [2.45, 2.75) is 13.8 Å². The number of halogens is 1. The first-order valence-electron chi connectivity index (χ1n) is 5.38. The van der Waals surface area contributed by atoms with Crippen LogP contribution < -0.4 is 0 Å². The number of nitrogens with zero attached hydrogens (tertiary/aromatic N) is 2. The van der Waals surface area contributed by atoms with Gasteiger partial charge in [-0.1, -0.05) is 5.16 Å². The number of carbonyl (C=O) groups is 1. The maximum atomic E-state index is 13.6. The van der Waals surface area contributed by atoms with E-state index in [-0.39, 0.29) is 23.4 Å². The first-order valence-corrected chi connectivity index (χ1v) is 5.38. The second-order valence-electron chi connectivity index (χ2n) is 3.54. The van der Waals surface area contributed by atoms with Gasteiger partial charge in [-0.15, -0.1) is 0 Å². The number of pyridine rings is 1. The van der Waals surface area contributed by atoms with Gasteiger partial charge in [0.1, 0.15) is 17.0 Å². The predicted octanol–water partition coefficient (Wildman–Crippen LogP) is 2.36. The van der Waals surface area contributed by atoms with E-state index in [1.807, 2.05) is 0 Å². The molecule has 0 aliphatic rings. The van der Waals surface area contributed by atoms with Gasteiger partial charge in [0.2, 0.25) is 0 Å². The Bertz CT molecular complexity index is 580. The summed E-state index contributed by atoms with van der Waals surface area (Å²) in [5.74, 6) is -0.863. The van der Waals surface area contributed by atoms with E-state index >= 15 is 0 Å². The number of ether oxygens (including phenoxy) is 1. The van der Waals surface area contributed by atoms with Crippen LogP contribution in [0.5, 0.6) is 0 Å². The van der Waals surface area contributed by atoms with Gasteiger partial charge in [-0.25, -0.2) is 9.18 Å². The lowest BCUT2D eigenvalue weighted by Crippen LogP contribution is -2.07. The summed E-state index contributed by atoms with van der Waals surface area (Å²) in [5.41, 5.74) is 0.428. The third-order valence-corrected chi connectivity index (χ3v) is 2.37. The zero-order chi connectivity index (χ0) is 13.1. The molecule has 0 spiro atoms. The minimum Gasteiger partial charge on any atom is -0.462 e. The SMILES string of the molecule is CCOC(=O)c1c(-c2ccncc2F)noc1C. The monoisotopic (exact) mass is 250 g/mol. The van der Waals surface area contributed by atoms with Gasteiger partial charge in [0, 0.05) is 11.8 Å². The van der Waals surface area contributed by atoms with E-state index in [4.69, 9.17) is 9.26 Å². The van der Waals surface area contributed by atoms with Crippen molar-refractivity contribution in [2.75, 3.05) is 6.61 Å². The van der Waals surface area contributed by atoms with Gasteiger partial charge in [-0.3, -0.25) is 4.98 Å². The maximum absolute atomic E-state index is 13.6. The van der Waals surface area contributed by atoms with E-state index in [2.05, 4.69) is 10.1 Å². The van der Waals surface area contributed by atoms with Crippen molar-refractivity contribution in [3.8, 4) is 11.3 Å². The highest BCUT2D eigenvalue weighted by molar-refractivity contribution is 5.97. The fourth-order valence-electron chi connectivity index (χ4n) is 1.57. The summed E-state index contributed by atoms with van der Waals surface area (Å²) in [6.07, 6.45) is 2.46. The summed E-state index contributed by atoms with van der Waals surface area (Å²) < 4.78 is 23.4. The molecule has 0 aliphatic carbocycles. The molecule has 0 N–H and O–H groups in total. The molecule has 2 aromatic rings. The third-order valence-electron chi connectivity index (χ3n) is 2.37. The molecule has 94 valence electrons. The van der Waals surface area contributed by atoms with Gasteiger partial charge >= 0.3 is 5.97 Å². The Morgan fingerprint density at radius 3 is 3.00 bits per heavy atom. The molecule has 0 saturated carbocycles. The number of hydrogen-bond donors (Lipinski definition) is 0. The molecule has 0 aliphatic heterocycles. The minimum atomic E-state index is -0.581. The molecular weight excluding hydrogens is 239 g/mol. The van der Waals surface area contributed by atoms with Crippen molar-refractivity contribution in [1.29, 1.82) is 0 Å². The van der Waals surface area contributed by atoms with E-state index in [0.29, 0.717) is 5.76 Å². The van der Waals surface area contributed by atoms with E-state index in [1.165, 1.54) is 12.3 Å². The van der Waals surface area contributed by atoms with Crippen LogP contribution in [0.15, 0.2) is 23.0 Å². The number of carbonyl (C=O) groups excluding carboxylic acids is 1. The lowest BCUT2D eigenvalue weighted by Gasteiger charge is -2.03. The molecular formula is C12H11FN2O3. The molecule has 2 aromatic heterocycles. The van der Waals surface area contributed by atoms with Crippen molar-refractivity contribution < 1.29 is 18.4 Å². The minimum absolute atomic E-state index is 0.130. The molecule has 6 heteroatoms. The topological polar surface area (TPSA) is 65.2 Å². The molecule has 0 amide bonds. The van der Waals surface area contributed by atoms with Crippen LogP contribution in [0.1, 0.15) is 23.0 Å². The number of aryl methyl sites for hydroxylation is 1. The third kappa shape index (κ3) is 2.09. The Balaban J connectivity index is 2.53. The van der Waals surface area contributed by atoms with Crippen LogP contribution in [0, 0.1) is 12.7 Å². The Morgan fingerprint density at radius 1 is 1.56 bits per heavy atom. The quantitative estimate of drug-likeness (QED) is 0.782. The van der Waals surface area contributed by atoms with Gasteiger partial charge in [0.05, 0.1) is 12.8 Å². The highest BCUT2D eigenvalue weighted by atomic mass is 19.1. The molecule has 0 fully saturated rings. The van der Waals surface area contributed by atoms with Crippen molar-refractivity contribution in [3.63, 3.8) is 0 Å². The summed E-state index contributed by atoms with van der Waals surface area (Å²) in [6, 6.07) is 1.43. The van der Waals surface area contributed by atoms with Crippen LogP contribution in [0.25, 0.3) is 11.3 Å². The van der Waals surface area contributed by atoms with Crippen LogP contribution in [0.4, 0.5) is 4.39 Å². The summed E-state index contributed by atoms with van der Waals surface area (Å²) >= 11 is 0. The zero-order valence-electron chi connectivity index (χ0n) is 9.94. The maximum Gasteiger partial charge on any atom is 0.344 e. The second-order valence-corrected chi connectivity index (χ2v) is 3.54. The fraction of sp³-hybridized carbons (Fsp3) is 0.250. The largest absolute Gasteiger partial charge is 0.462 e. The van der Waals surface area contributed by atoms with E-state index in [0.717, 1.165) is 6.20 Å². The van der Waals surface area contributed by atoms with Crippen LogP contribution in [0.3, 0.4) is 0 Å². The molecule has 2 heterocycles. The molecule has 18 heavy (non-hydrogen) atoms. The lowest BCUT2D eigenvalue weighted by molar-refractivity contribution is 0.0525. The molecule has 0 unspecified atom stereocenters.